The van der Waals surface area contributed by atoms with E-state index < -0.39 is 15.6 Å². The SMILES string of the molecule is COc1ccc(OC)c(S(=O)(=O)N2CCC(Oc3cc(C)oc(=O)c3)CC2)c1. The lowest BCUT2D eigenvalue weighted by atomic mass is 10.1. The summed E-state index contributed by atoms with van der Waals surface area (Å²) in [6.45, 7) is 2.27. The van der Waals surface area contributed by atoms with Gasteiger partial charge in [0, 0.05) is 25.2 Å². The summed E-state index contributed by atoms with van der Waals surface area (Å²) in [7, 11) is -0.830. The largest absolute Gasteiger partial charge is 0.497 e. The Morgan fingerprint density at radius 2 is 1.75 bits per heavy atom. The fourth-order valence-electron chi connectivity index (χ4n) is 3.15. The van der Waals surface area contributed by atoms with Gasteiger partial charge in [0.15, 0.2) is 0 Å². The molecule has 1 aliphatic rings. The van der Waals surface area contributed by atoms with Crippen molar-refractivity contribution in [2.24, 2.45) is 0 Å². The van der Waals surface area contributed by atoms with Crippen molar-refractivity contribution in [3.05, 3.63) is 46.5 Å². The second-order valence-corrected chi connectivity index (χ2v) is 8.37. The van der Waals surface area contributed by atoms with E-state index in [1.165, 1.54) is 30.7 Å². The lowest BCUT2D eigenvalue weighted by molar-refractivity contribution is 0.134. The van der Waals surface area contributed by atoms with E-state index in [-0.39, 0.29) is 16.7 Å². The summed E-state index contributed by atoms with van der Waals surface area (Å²) in [5.41, 5.74) is -0.472. The highest BCUT2D eigenvalue weighted by atomic mass is 32.2. The van der Waals surface area contributed by atoms with Crippen LogP contribution in [-0.2, 0) is 10.0 Å². The van der Waals surface area contributed by atoms with Crippen LogP contribution in [0.25, 0.3) is 0 Å². The Morgan fingerprint density at radius 3 is 2.36 bits per heavy atom. The molecular weight excluding hydrogens is 386 g/mol. The molecule has 28 heavy (non-hydrogen) atoms. The topological polar surface area (TPSA) is 95.3 Å². The maximum absolute atomic E-state index is 13.1. The van der Waals surface area contributed by atoms with E-state index in [1.54, 1.807) is 25.1 Å². The predicted octanol–water partition coefficient (Wildman–Crippen LogP) is 2.20. The molecule has 8 nitrogen and oxygen atoms in total. The van der Waals surface area contributed by atoms with Crippen LogP contribution in [0.15, 0.2) is 44.4 Å². The molecule has 9 heteroatoms. The third kappa shape index (κ3) is 4.31. The van der Waals surface area contributed by atoms with Crippen LogP contribution in [0, 0.1) is 6.92 Å². The Morgan fingerprint density at radius 1 is 1.04 bits per heavy atom. The van der Waals surface area contributed by atoms with Gasteiger partial charge in [-0.3, -0.25) is 0 Å². The maximum atomic E-state index is 13.1. The minimum absolute atomic E-state index is 0.0741. The highest BCUT2D eigenvalue weighted by Gasteiger charge is 2.32. The molecule has 0 radical (unpaired) electrons. The van der Waals surface area contributed by atoms with Crippen LogP contribution < -0.4 is 19.8 Å². The molecule has 0 N–H and O–H groups in total. The number of nitrogens with zero attached hydrogens (tertiary/aromatic N) is 1. The third-order valence-corrected chi connectivity index (χ3v) is 6.48. The van der Waals surface area contributed by atoms with Gasteiger partial charge in [-0.05, 0) is 31.9 Å². The van der Waals surface area contributed by atoms with Crippen LogP contribution in [0.5, 0.6) is 17.2 Å². The summed E-state index contributed by atoms with van der Waals surface area (Å²) >= 11 is 0. The molecule has 152 valence electrons. The minimum atomic E-state index is -3.74. The lowest BCUT2D eigenvalue weighted by Crippen LogP contribution is -2.41. The normalized spacial score (nSPS) is 16.0. The number of benzene rings is 1. The van der Waals surface area contributed by atoms with Crippen molar-refractivity contribution < 1.29 is 27.0 Å². The van der Waals surface area contributed by atoms with Gasteiger partial charge in [0.2, 0.25) is 10.0 Å². The standard InChI is InChI=1S/C19H23NO7S/c1-13-10-16(12-19(21)26-13)27-14-6-8-20(9-7-14)28(22,23)18-11-15(24-2)4-5-17(18)25-3/h4-5,10-12,14H,6-9H2,1-3H3. The second-order valence-electron chi connectivity index (χ2n) is 6.46. The zero-order valence-corrected chi connectivity index (χ0v) is 16.8. The highest BCUT2D eigenvalue weighted by Crippen LogP contribution is 2.32. The van der Waals surface area contributed by atoms with Crippen molar-refractivity contribution in [3.8, 4) is 17.2 Å². The average molecular weight is 409 g/mol. The molecule has 1 aromatic carbocycles. The van der Waals surface area contributed by atoms with Gasteiger partial charge < -0.3 is 18.6 Å². The van der Waals surface area contributed by atoms with E-state index >= 15 is 0 Å². The van der Waals surface area contributed by atoms with Crippen molar-refractivity contribution in [2.75, 3.05) is 27.3 Å². The zero-order chi connectivity index (χ0) is 20.3. The van der Waals surface area contributed by atoms with Gasteiger partial charge in [-0.1, -0.05) is 0 Å². The number of sulfonamides is 1. The molecule has 2 aromatic rings. The number of hydrogen-bond acceptors (Lipinski definition) is 7. The zero-order valence-electron chi connectivity index (χ0n) is 16.0. The number of aryl methyl sites for hydroxylation is 1. The van der Waals surface area contributed by atoms with Crippen LogP contribution in [0.1, 0.15) is 18.6 Å². The second kappa shape index (κ2) is 8.24. The Kier molecular flexibility index (Phi) is 5.95. The smallest absolute Gasteiger partial charge is 0.339 e. The quantitative estimate of drug-likeness (QED) is 0.722. The summed E-state index contributed by atoms with van der Waals surface area (Å²) in [6, 6.07) is 7.62. The molecule has 0 atom stereocenters. The maximum Gasteiger partial charge on any atom is 0.339 e. The van der Waals surface area contributed by atoms with Crippen LogP contribution in [0.3, 0.4) is 0 Å². The number of rotatable bonds is 6. The summed E-state index contributed by atoms with van der Waals surface area (Å²) < 4.78 is 48.7. The Bertz CT molecular complexity index is 992. The molecule has 1 fully saturated rings. The molecule has 0 saturated carbocycles. The molecule has 0 spiro atoms. The lowest BCUT2D eigenvalue weighted by Gasteiger charge is -2.31. The highest BCUT2D eigenvalue weighted by molar-refractivity contribution is 7.89. The molecule has 1 saturated heterocycles. The van der Waals surface area contributed by atoms with Gasteiger partial charge in [0.25, 0.3) is 0 Å². The molecule has 3 rings (SSSR count). The van der Waals surface area contributed by atoms with Gasteiger partial charge in [-0.2, -0.15) is 4.31 Å². The van der Waals surface area contributed by atoms with Crippen molar-refractivity contribution in [1.82, 2.24) is 4.31 Å². The Hall–Kier alpha value is -2.52. The van der Waals surface area contributed by atoms with Crippen LogP contribution in [-0.4, -0.2) is 46.1 Å². The van der Waals surface area contributed by atoms with E-state index in [9.17, 15) is 13.2 Å². The summed E-state index contributed by atoms with van der Waals surface area (Å²) in [6.07, 6.45) is 0.829. The van der Waals surface area contributed by atoms with Crippen molar-refractivity contribution in [2.45, 2.75) is 30.8 Å². The number of ether oxygens (including phenoxy) is 3. The van der Waals surface area contributed by atoms with Crippen LogP contribution in [0.2, 0.25) is 0 Å². The first-order chi connectivity index (χ1) is 13.3. The number of hydrogen-bond donors (Lipinski definition) is 0. The molecule has 0 unspecified atom stereocenters. The molecule has 0 bridgehead atoms. The fraction of sp³-hybridized carbons (Fsp3) is 0.421. The van der Waals surface area contributed by atoms with Gasteiger partial charge in [-0.15, -0.1) is 0 Å². The van der Waals surface area contributed by atoms with Gasteiger partial charge in [0.05, 0.1) is 20.3 Å². The Labute approximate surface area is 163 Å². The van der Waals surface area contributed by atoms with Crippen molar-refractivity contribution >= 4 is 10.0 Å². The van der Waals surface area contributed by atoms with Crippen LogP contribution in [0.4, 0.5) is 0 Å². The predicted molar refractivity (Wildman–Crippen MR) is 102 cm³/mol. The van der Waals surface area contributed by atoms with E-state index in [4.69, 9.17) is 18.6 Å². The minimum Gasteiger partial charge on any atom is -0.497 e. The first-order valence-electron chi connectivity index (χ1n) is 8.84. The van der Waals surface area contributed by atoms with Gasteiger partial charge in [-0.25, -0.2) is 13.2 Å². The summed E-state index contributed by atoms with van der Waals surface area (Å²) in [5.74, 6) is 1.61. The Balaban J connectivity index is 1.72. The van der Waals surface area contributed by atoms with Crippen LogP contribution >= 0.6 is 0 Å². The molecule has 1 aromatic heterocycles. The third-order valence-electron chi connectivity index (χ3n) is 4.56. The van der Waals surface area contributed by atoms with E-state index in [2.05, 4.69) is 0 Å². The van der Waals surface area contributed by atoms with E-state index in [0.717, 1.165) is 0 Å². The fourth-order valence-corrected chi connectivity index (χ4v) is 4.79. The van der Waals surface area contributed by atoms with Crippen molar-refractivity contribution in [1.29, 1.82) is 0 Å². The monoisotopic (exact) mass is 409 g/mol. The molecule has 1 aliphatic heterocycles. The number of methoxy groups -OCH3 is 2. The summed E-state index contributed by atoms with van der Waals surface area (Å²) in [4.78, 5) is 11.5. The van der Waals surface area contributed by atoms with E-state index in [0.29, 0.717) is 43.2 Å². The van der Waals surface area contributed by atoms with Gasteiger partial charge in [0.1, 0.15) is 34.0 Å². The molecule has 0 aliphatic carbocycles. The molecule has 2 heterocycles. The first-order valence-corrected chi connectivity index (χ1v) is 10.3. The van der Waals surface area contributed by atoms with Gasteiger partial charge >= 0.3 is 5.63 Å². The average Bonchev–Trinajstić information content (AvgIpc) is 2.67. The summed E-state index contributed by atoms with van der Waals surface area (Å²) in [5, 5.41) is 0. The number of piperidine rings is 1. The van der Waals surface area contributed by atoms with E-state index in [1.807, 2.05) is 0 Å². The molecule has 0 amide bonds. The molecular formula is C19H23NO7S. The first kappa shape index (κ1) is 20.2. The van der Waals surface area contributed by atoms with Crippen molar-refractivity contribution in [3.63, 3.8) is 0 Å².